The third-order valence-electron chi connectivity index (χ3n) is 3.57. The second-order valence-electron chi connectivity index (χ2n) is 5.28. The molecule has 0 unspecified atom stereocenters. The van der Waals surface area contributed by atoms with Crippen LogP contribution >= 0.6 is 27.3 Å². The molecule has 132 valence electrons. The Morgan fingerprint density at radius 1 is 1.00 bits per heavy atom. The summed E-state index contributed by atoms with van der Waals surface area (Å²) in [6.45, 7) is 0. The van der Waals surface area contributed by atoms with Crippen LogP contribution < -0.4 is 15.4 Å². The number of nitrogens with one attached hydrogen (secondary N) is 2. The van der Waals surface area contributed by atoms with E-state index in [-0.39, 0.29) is 11.8 Å². The van der Waals surface area contributed by atoms with E-state index in [1.165, 1.54) is 18.4 Å². The van der Waals surface area contributed by atoms with E-state index in [1.54, 1.807) is 42.5 Å². The van der Waals surface area contributed by atoms with Gasteiger partial charge in [0.05, 0.1) is 23.2 Å². The maximum Gasteiger partial charge on any atom is 0.265 e. The van der Waals surface area contributed by atoms with E-state index in [0.29, 0.717) is 32.0 Å². The lowest BCUT2D eigenvalue weighted by Gasteiger charge is -2.12. The van der Waals surface area contributed by atoms with Crippen LogP contribution in [0.2, 0.25) is 0 Å². The van der Waals surface area contributed by atoms with E-state index in [1.807, 2.05) is 17.5 Å². The van der Waals surface area contributed by atoms with Crippen molar-refractivity contribution in [1.29, 1.82) is 0 Å². The molecule has 0 aliphatic rings. The Morgan fingerprint density at radius 3 is 2.50 bits per heavy atom. The molecule has 2 amide bonds. The minimum Gasteiger partial charge on any atom is -0.494 e. The van der Waals surface area contributed by atoms with Gasteiger partial charge in [-0.1, -0.05) is 18.2 Å². The van der Waals surface area contributed by atoms with Crippen LogP contribution in [0.1, 0.15) is 20.0 Å². The van der Waals surface area contributed by atoms with Crippen LogP contribution in [0.4, 0.5) is 11.4 Å². The summed E-state index contributed by atoms with van der Waals surface area (Å²) in [5.74, 6) is 0.0121. The third kappa shape index (κ3) is 4.12. The highest BCUT2D eigenvalue weighted by molar-refractivity contribution is 9.10. The molecule has 5 nitrogen and oxygen atoms in total. The van der Waals surface area contributed by atoms with Gasteiger partial charge in [-0.2, -0.15) is 0 Å². The van der Waals surface area contributed by atoms with Gasteiger partial charge in [0.1, 0.15) is 5.75 Å². The van der Waals surface area contributed by atoms with Gasteiger partial charge in [-0.15, -0.1) is 11.3 Å². The van der Waals surface area contributed by atoms with Gasteiger partial charge in [0, 0.05) is 16.2 Å². The summed E-state index contributed by atoms with van der Waals surface area (Å²) in [5, 5.41) is 7.47. The van der Waals surface area contributed by atoms with Crippen molar-refractivity contribution in [2.24, 2.45) is 0 Å². The summed E-state index contributed by atoms with van der Waals surface area (Å²) in [4.78, 5) is 25.2. The molecule has 1 aromatic heterocycles. The molecule has 0 aliphatic heterocycles. The molecule has 3 aromatic rings. The van der Waals surface area contributed by atoms with Crippen molar-refractivity contribution in [3.8, 4) is 5.75 Å². The lowest BCUT2D eigenvalue weighted by molar-refractivity contribution is 0.101. The Labute approximate surface area is 163 Å². The molecule has 0 aliphatic carbocycles. The smallest absolute Gasteiger partial charge is 0.265 e. The number of hydrogen-bond donors (Lipinski definition) is 2. The fraction of sp³-hybridized carbons (Fsp3) is 0.0526. The highest BCUT2D eigenvalue weighted by atomic mass is 79.9. The zero-order chi connectivity index (χ0) is 18.5. The number of hydrogen-bond acceptors (Lipinski definition) is 4. The number of thiophene rings is 1. The summed E-state index contributed by atoms with van der Waals surface area (Å²) < 4.78 is 6.06. The molecule has 0 spiro atoms. The maximum atomic E-state index is 12.4. The number of anilines is 2. The first-order chi connectivity index (χ1) is 12.6. The molecule has 3 rings (SSSR count). The zero-order valence-electron chi connectivity index (χ0n) is 13.8. The number of carbonyl (C=O) groups is 2. The van der Waals surface area contributed by atoms with Crippen molar-refractivity contribution in [3.05, 3.63) is 74.9 Å². The van der Waals surface area contributed by atoms with Gasteiger partial charge in [0.2, 0.25) is 0 Å². The largest absolute Gasteiger partial charge is 0.494 e. The topological polar surface area (TPSA) is 67.4 Å². The first-order valence-corrected chi connectivity index (χ1v) is 9.34. The van der Waals surface area contributed by atoms with Gasteiger partial charge in [-0.05, 0) is 51.6 Å². The molecule has 0 radical (unpaired) electrons. The number of amides is 2. The van der Waals surface area contributed by atoms with Crippen molar-refractivity contribution >= 4 is 50.5 Å². The molecule has 0 fully saturated rings. The molecule has 0 saturated carbocycles. The number of rotatable bonds is 5. The van der Waals surface area contributed by atoms with Gasteiger partial charge in [-0.25, -0.2) is 0 Å². The highest BCUT2D eigenvalue weighted by Gasteiger charge is 2.13. The summed E-state index contributed by atoms with van der Waals surface area (Å²) in [5.41, 5.74) is 1.63. The third-order valence-corrected chi connectivity index (χ3v) is 5.13. The van der Waals surface area contributed by atoms with E-state index in [2.05, 4.69) is 26.6 Å². The van der Waals surface area contributed by atoms with Gasteiger partial charge in [0.25, 0.3) is 11.8 Å². The molecule has 1 heterocycles. The summed E-state index contributed by atoms with van der Waals surface area (Å²) in [6, 6.07) is 15.8. The first-order valence-electron chi connectivity index (χ1n) is 7.67. The molecular weight excluding hydrogens is 416 g/mol. The van der Waals surface area contributed by atoms with E-state index in [9.17, 15) is 9.59 Å². The molecular formula is C19H15BrN2O3S. The van der Waals surface area contributed by atoms with Crippen LogP contribution in [0.25, 0.3) is 0 Å². The average molecular weight is 431 g/mol. The Bertz CT molecular complexity index is 942. The molecule has 2 N–H and O–H groups in total. The predicted octanol–water partition coefficient (Wildman–Crippen LogP) is 5.02. The lowest BCUT2D eigenvalue weighted by atomic mass is 10.2. The maximum absolute atomic E-state index is 12.4. The predicted molar refractivity (Wildman–Crippen MR) is 107 cm³/mol. The van der Waals surface area contributed by atoms with E-state index in [4.69, 9.17) is 4.74 Å². The lowest BCUT2D eigenvalue weighted by Crippen LogP contribution is -2.14. The highest BCUT2D eigenvalue weighted by Crippen LogP contribution is 2.29. The van der Waals surface area contributed by atoms with E-state index in [0.717, 1.165) is 0 Å². The zero-order valence-corrected chi connectivity index (χ0v) is 16.2. The normalized spacial score (nSPS) is 10.2. The Morgan fingerprint density at radius 2 is 1.81 bits per heavy atom. The van der Waals surface area contributed by atoms with Crippen molar-refractivity contribution in [3.63, 3.8) is 0 Å². The first kappa shape index (κ1) is 18.2. The SMILES string of the molecule is COc1cc(NC(=O)c2ccccc2Br)ccc1NC(=O)c1cccs1. The van der Waals surface area contributed by atoms with Crippen LogP contribution in [0.3, 0.4) is 0 Å². The van der Waals surface area contributed by atoms with Crippen LogP contribution in [-0.2, 0) is 0 Å². The monoisotopic (exact) mass is 430 g/mol. The Hall–Kier alpha value is -2.64. The number of methoxy groups -OCH3 is 1. The van der Waals surface area contributed by atoms with Gasteiger partial charge < -0.3 is 15.4 Å². The van der Waals surface area contributed by atoms with E-state index >= 15 is 0 Å². The number of ether oxygens (including phenoxy) is 1. The van der Waals surface area contributed by atoms with Crippen LogP contribution in [0.15, 0.2) is 64.5 Å². The summed E-state index contributed by atoms with van der Waals surface area (Å²) in [7, 11) is 1.51. The second-order valence-corrected chi connectivity index (χ2v) is 7.08. The number of halogens is 1. The van der Waals surface area contributed by atoms with Gasteiger partial charge >= 0.3 is 0 Å². The van der Waals surface area contributed by atoms with Gasteiger partial charge in [0.15, 0.2) is 0 Å². The molecule has 0 saturated heterocycles. The average Bonchev–Trinajstić information content (AvgIpc) is 3.18. The second kappa shape index (κ2) is 8.16. The molecule has 0 bridgehead atoms. The quantitative estimate of drug-likeness (QED) is 0.596. The van der Waals surface area contributed by atoms with Crippen molar-refractivity contribution < 1.29 is 14.3 Å². The van der Waals surface area contributed by atoms with Crippen molar-refractivity contribution in [2.75, 3.05) is 17.7 Å². The summed E-state index contributed by atoms with van der Waals surface area (Å²) in [6.07, 6.45) is 0. The molecule has 26 heavy (non-hydrogen) atoms. The molecule has 2 aromatic carbocycles. The minimum atomic E-state index is -0.241. The number of carbonyl (C=O) groups excluding carboxylic acids is 2. The van der Waals surface area contributed by atoms with Crippen molar-refractivity contribution in [2.45, 2.75) is 0 Å². The van der Waals surface area contributed by atoms with Crippen molar-refractivity contribution in [1.82, 2.24) is 0 Å². The van der Waals surface area contributed by atoms with Crippen LogP contribution in [0.5, 0.6) is 5.75 Å². The molecule has 7 heteroatoms. The standard InChI is InChI=1S/C19H15BrN2O3S/c1-25-16-11-12(21-18(23)13-5-2-3-6-14(13)20)8-9-15(16)22-19(24)17-7-4-10-26-17/h2-11H,1H3,(H,21,23)(H,22,24). The molecule has 0 atom stereocenters. The number of benzene rings is 2. The van der Waals surface area contributed by atoms with Gasteiger partial charge in [-0.3, -0.25) is 9.59 Å². The fourth-order valence-electron chi connectivity index (χ4n) is 2.31. The van der Waals surface area contributed by atoms with Crippen LogP contribution in [0, 0.1) is 0 Å². The minimum absolute atomic E-state index is 0.205. The van der Waals surface area contributed by atoms with E-state index < -0.39 is 0 Å². The summed E-state index contributed by atoms with van der Waals surface area (Å²) >= 11 is 4.72. The fourth-order valence-corrected chi connectivity index (χ4v) is 3.39. The van der Waals surface area contributed by atoms with Crippen LogP contribution in [-0.4, -0.2) is 18.9 Å². The Kier molecular flexibility index (Phi) is 5.70. The Balaban J connectivity index is 1.77.